The molecule has 2 rings (SSSR count). The molecule has 0 unspecified atom stereocenters. The molecule has 5 nitrogen and oxygen atoms in total. The van der Waals surface area contributed by atoms with Crippen molar-refractivity contribution in [3.8, 4) is 6.01 Å². The number of methoxy groups -OCH3 is 1. The van der Waals surface area contributed by atoms with Gasteiger partial charge in [-0.3, -0.25) is 0 Å². The molecule has 0 atom stereocenters. The first-order valence-electron chi connectivity index (χ1n) is 5.61. The third-order valence-corrected chi connectivity index (χ3v) is 2.52. The van der Waals surface area contributed by atoms with E-state index < -0.39 is 0 Å². The van der Waals surface area contributed by atoms with Crippen LogP contribution in [-0.4, -0.2) is 29.7 Å². The summed E-state index contributed by atoms with van der Waals surface area (Å²) in [5.74, 6) is 0.915. The van der Waals surface area contributed by atoms with Crippen molar-refractivity contribution in [1.82, 2.24) is 15.3 Å². The van der Waals surface area contributed by atoms with Crippen LogP contribution in [0.25, 0.3) is 0 Å². The molecule has 88 valence electrons. The Bertz CT molecular complexity index is 378. The summed E-state index contributed by atoms with van der Waals surface area (Å²) >= 11 is 0. The smallest absolute Gasteiger partial charge is 0.318 e. The molecule has 0 radical (unpaired) electrons. The van der Waals surface area contributed by atoms with Gasteiger partial charge in [0, 0.05) is 18.2 Å². The molecule has 5 heteroatoms. The molecule has 1 aromatic rings. The first-order valence-corrected chi connectivity index (χ1v) is 5.61. The van der Waals surface area contributed by atoms with E-state index in [0.29, 0.717) is 12.1 Å². The fraction of sp³-hybridized carbons (Fsp3) is 0.636. The molecule has 2 heterocycles. The van der Waals surface area contributed by atoms with Gasteiger partial charge in [0.1, 0.15) is 5.82 Å². The molecule has 0 amide bonds. The molecule has 0 spiro atoms. The summed E-state index contributed by atoms with van der Waals surface area (Å²) in [5, 5.41) is 6.65. The van der Waals surface area contributed by atoms with Crippen LogP contribution in [0.3, 0.4) is 0 Å². The van der Waals surface area contributed by atoms with E-state index in [1.54, 1.807) is 7.11 Å². The summed E-state index contributed by atoms with van der Waals surface area (Å²) in [7, 11) is 1.59. The molecule has 1 aliphatic rings. The second kappa shape index (κ2) is 4.65. The largest absolute Gasteiger partial charge is 0.467 e. The van der Waals surface area contributed by atoms with Gasteiger partial charge in [-0.25, -0.2) is 0 Å². The molecular formula is C11H18N4O. The van der Waals surface area contributed by atoms with Gasteiger partial charge >= 0.3 is 6.01 Å². The summed E-state index contributed by atoms with van der Waals surface area (Å²) in [5.41, 5.74) is 2.26. The average Bonchev–Trinajstić information content (AvgIpc) is 2.28. The number of ether oxygens (including phenoxy) is 1. The normalized spacial score (nSPS) is 14.8. The quantitative estimate of drug-likeness (QED) is 0.797. The van der Waals surface area contributed by atoms with Crippen LogP contribution in [0, 0.1) is 0 Å². The minimum Gasteiger partial charge on any atom is -0.467 e. The monoisotopic (exact) mass is 222 g/mol. The van der Waals surface area contributed by atoms with Crippen molar-refractivity contribution in [2.75, 3.05) is 19.0 Å². The zero-order chi connectivity index (χ0) is 11.5. The Labute approximate surface area is 95.6 Å². The van der Waals surface area contributed by atoms with E-state index in [1.807, 2.05) is 0 Å². The lowest BCUT2D eigenvalue weighted by atomic mass is 10.1. The number of fused-ring (bicyclic) bond motifs is 1. The third kappa shape index (κ3) is 2.24. The van der Waals surface area contributed by atoms with Crippen molar-refractivity contribution in [2.24, 2.45) is 0 Å². The van der Waals surface area contributed by atoms with E-state index in [2.05, 4.69) is 34.4 Å². The van der Waals surface area contributed by atoms with E-state index >= 15 is 0 Å². The number of aromatic nitrogens is 2. The zero-order valence-corrected chi connectivity index (χ0v) is 10.0. The first kappa shape index (κ1) is 11.1. The van der Waals surface area contributed by atoms with Gasteiger partial charge in [0.2, 0.25) is 0 Å². The molecule has 16 heavy (non-hydrogen) atoms. The van der Waals surface area contributed by atoms with Gasteiger partial charge in [0.15, 0.2) is 0 Å². The van der Waals surface area contributed by atoms with Gasteiger partial charge in [-0.2, -0.15) is 9.97 Å². The van der Waals surface area contributed by atoms with E-state index in [9.17, 15) is 0 Å². The van der Waals surface area contributed by atoms with Crippen LogP contribution in [0.15, 0.2) is 0 Å². The van der Waals surface area contributed by atoms with Crippen molar-refractivity contribution in [2.45, 2.75) is 32.9 Å². The lowest BCUT2D eigenvalue weighted by Crippen LogP contribution is -2.27. The van der Waals surface area contributed by atoms with Crippen LogP contribution < -0.4 is 15.4 Å². The maximum Gasteiger partial charge on any atom is 0.318 e. The Morgan fingerprint density at radius 2 is 2.19 bits per heavy atom. The summed E-state index contributed by atoms with van der Waals surface area (Å²) in [6.07, 6.45) is 0.967. The molecule has 0 aliphatic carbocycles. The van der Waals surface area contributed by atoms with E-state index in [-0.39, 0.29) is 0 Å². The second-order valence-corrected chi connectivity index (χ2v) is 4.21. The Balaban J connectivity index is 2.39. The highest BCUT2D eigenvalue weighted by atomic mass is 16.5. The van der Waals surface area contributed by atoms with Crippen LogP contribution in [0.5, 0.6) is 6.01 Å². The topological polar surface area (TPSA) is 59.1 Å². The number of nitrogens with zero attached hydrogens (tertiary/aromatic N) is 2. The summed E-state index contributed by atoms with van der Waals surface area (Å²) < 4.78 is 5.11. The van der Waals surface area contributed by atoms with Gasteiger partial charge in [-0.05, 0) is 26.8 Å². The van der Waals surface area contributed by atoms with Gasteiger partial charge in [0.05, 0.1) is 12.8 Å². The number of anilines is 1. The Morgan fingerprint density at radius 3 is 2.88 bits per heavy atom. The van der Waals surface area contributed by atoms with Crippen LogP contribution in [0.4, 0.5) is 5.82 Å². The van der Waals surface area contributed by atoms with Crippen molar-refractivity contribution in [3.63, 3.8) is 0 Å². The van der Waals surface area contributed by atoms with Crippen molar-refractivity contribution in [1.29, 1.82) is 0 Å². The molecule has 0 bridgehead atoms. The van der Waals surface area contributed by atoms with Gasteiger partial charge in [0.25, 0.3) is 0 Å². The Morgan fingerprint density at radius 1 is 1.38 bits per heavy atom. The van der Waals surface area contributed by atoms with Crippen molar-refractivity contribution in [3.05, 3.63) is 11.3 Å². The van der Waals surface area contributed by atoms with Gasteiger partial charge < -0.3 is 15.4 Å². The summed E-state index contributed by atoms with van der Waals surface area (Å²) in [6.45, 7) is 5.97. The maximum atomic E-state index is 5.11. The van der Waals surface area contributed by atoms with Crippen LogP contribution in [0.1, 0.15) is 25.1 Å². The molecule has 2 N–H and O–H groups in total. The minimum atomic E-state index is 0.360. The molecule has 0 saturated heterocycles. The number of hydrogen-bond acceptors (Lipinski definition) is 5. The fourth-order valence-electron chi connectivity index (χ4n) is 1.82. The van der Waals surface area contributed by atoms with E-state index in [1.165, 1.54) is 5.56 Å². The highest BCUT2D eigenvalue weighted by Gasteiger charge is 2.18. The van der Waals surface area contributed by atoms with Crippen molar-refractivity contribution >= 4 is 5.82 Å². The summed E-state index contributed by atoms with van der Waals surface area (Å²) in [6, 6.07) is 0.796. The number of hydrogen-bond donors (Lipinski definition) is 2. The fourth-order valence-corrected chi connectivity index (χ4v) is 1.82. The number of rotatable bonds is 3. The Hall–Kier alpha value is -1.36. The Kier molecular flexibility index (Phi) is 3.24. The highest BCUT2D eigenvalue weighted by Crippen LogP contribution is 2.23. The standard InChI is InChI=1S/C11H18N4O/c1-7(2)13-10-8-4-5-12-6-9(8)14-11(15-10)16-3/h7,12H,4-6H2,1-3H3,(H,13,14,15). The van der Waals surface area contributed by atoms with Gasteiger partial charge in [-0.1, -0.05) is 0 Å². The van der Waals surface area contributed by atoms with Crippen LogP contribution in [0.2, 0.25) is 0 Å². The molecule has 1 aromatic heterocycles. The maximum absolute atomic E-state index is 5.11. The highest BCUT2D eigenvalue weighted by molar-refractivity contribution is 5.49. The van der Waals surface area contributed by atoms with Crippen molar-refractivity contribution < 1.29 is 4.74 Å². The molecular weight excluding hydrogens is 204 g/mol. The first-order chi connectivity index (χ1) is 7.70. The second-order valence-electron chi connectivity index (χ2n) is 4.21. The molecule has 0 saturated carbocycles. The van der Waals surface area contributed by atoms with Gasteiger partial charge in [-0.15, -0.1) is 0 Å². The van der Waals surface area contributed by atoms with E-state index in [0.717, 1.165) is 31.0 Å². The van der Waals surface area contributed by atoms with E-state index in [4.69, 9.17) is 4.74 Å². The predicted molar refractivity (Wildman–Crippen MR) is 62.8 cm³/mol. The zero-order valence-electron chi connectivity index (χ0n) is 10.0. The average molecular weight is 222 g/mol. The van der Waals surface area contributed by atoms with Crippen LogP contribution >= 0.6 is 0 Å². The lowest BCUT2D eigenvalue weighted by molar-refractivity contribution is 0.376. The molecule has 0 aromatic carbocycles. The lowest BCUT2D eigenvalue weighted by Gasteiger charge is -2.21. The number of nitrogens with one attached hydrogen (secondary N) is 2. The minimum absolute atomic E-state index is 0.360. The molecule has 1 aliphatic heterocycles. The third-order valence-electron chi connectivity index (χ3n) is 2.52. The predicted octanol–water partition coefficient (Wildman–Crippen LogP) is 0.951. The SMILES string of the molecule is COc1nc2c(c(NC(C)C)n1)CCNC2. The van der Waals surface area contributed by atoms with Crippen LogP contribution in [-0.2, 0) is 13.0 Å². The summed E-state index contributed by atoms with van der Waals surface area (Å²) in [4.78, 5) is 8.74. The molecule has 0 fully saturated rings.